The molecule has 0 unspecified atom stereocenters. The molecule has 1 aromatic heterocycles. The van der Waals surface area contributed by atoms with Gasteiger partial charge < -0.3 is 10.5 Å². The molecule has 0 radical (unpaired) electrons. The smallest absolute Gasteiger partial charge is 0.268 e. The lowest BCUT2D eigenvalue weighted by molar-refractivity contribution is 0.416. The van der Waals surface area contributed by atoms with Crippen molar-refractivity contribution < 1.29 is 13.2 Å². The topological polar surface area (TPSA) is 74.3 Å². The number of hydrogen-bond acceptors (Lipinski definition) is 4. The van der Waals surface area contributed by atoms with Crippen LogP contribution < -0.4 is 10.5 Å². The van der Waals surface area contributed by atoms with Gasteiger partial charge in [-0.2, -0.15) is 0 Å². The van der Waals surface area contributed by atoms with E-state index in [2.05, 4.69) is 0 Å². The number of benzene rings is 2. The molecule has 23 heavy (non-hydrogen) atoms. The number of nitrogens with zero attached hydrogens (tertiary/aromatic N) is 1. The Morgan fingerprint density at radius 1 is 1.17 bits per heavy atom. The molecule has 120 valence electrons. The van der Waals surface area contributed by atoms with Crippen LogP contribution in [0.4, 0.5) is 5.69 Å². The van der Waals surface area contributed by atoms with Crippen LogP contribution in [-0.4, -0.2) is 19.5 Å². The second kappa shape index (κ2) is 5.47. The largest absolute Gasteiger partial charge is 0.495 e. The summed E-state index contributed by atoms with van der Waals surface area (Å²) >= 11 is 6.02. The molecule has 0 bridgehead atoms. The van der Waals surface area contributed by atoms with Gasteiger partial charge in [0, 0.05) is 16.6 Å². The van der Waals surface area contributed by atoms with Gasteiger partial charge in [-0.3, -0.25) is 0 Å². The fourth-order valence-electron chi connectivity index (χ4n) is 2.52. The predicted octanol–water partition coefficient (Wildman–Crippen LogP) is 3.43. The summed E-state index contributed by atoms with van der Waals surface area (Å²) in [4.78, 5) is 0.0904. The molecule has 3 rings (SSSR count). The number of nitrogen functional groups attached to an aromatic ring is 1. The Balaban J connectivity index is 2.24. The highest BCUT2D eigenvalue weighted by atomic mass is 35.5. The molecule has 0 spiro atoms. The van der Waals surface area contributed by atoms with Gasteiger partial charge in [0.25, 0.3) is 10.0 Å². The van der Waals surface area contributed by atoms with E-state index in [0.717, 1.165) is 10.9 Å². The first-order valence-electron chi connectivity index (χ1n) is 6.81. The second-order valence-electron chi connectivity index (χ2n) is 5.18. The number of aromatic nitrogens is 1. The summed E-state index contributed by atoms with van der Waals surface area (Å²) in [6.07, 6.45) is 1.58. The van der Waals surface area contributed by atoms with E-state index in [9.17, 15) is 8.42 Å². The summed E-state index contributed by atoms with van der Waals surface area (Å²) in [5, 5.41) is 1.31. The van der Waals surface area contributed by atoms with Crippen molar-refractivity contribution in [3.8, 4) is 5.75 Å². The second-order valence-corrected chi connectivity index (χ2v) is 7.43. The van der Waals surface area contributed by atoms with Crippen molar-refractivity contribution in [2.75, 3.05) is 12.8 Å². The quantitative estimate of drug-likeness (QED) is 0.734. The van der Waals surface area contributed by atoms with Gasteiger partial charge in [0.15, 0.2) is 0 Å². The first-order valence-corrected chi connectivity index (χ1v) is 8.62. The van der Waals surface area contributed by atoms with E-state index >= 15 is 0 Å². The molecule has 0 saturated heterocycles. The van der Waals surface area contributed by atoms with E-state index in [-0.39, 0.29) is 10.6 Å². The van der Waals surface area contributed by atoms with E-state index < -0.39 is 10.0 Å². The molecule has 0 fully saturated rings. The molecule has 0 amide bonds. The first kappa shape index (κ1) is 15.7. The number of halogens is 1. The normalized spacial score (nSPS) is 11.8. The lowest BCUT2D eigenvalue weighted by Crippen LogP contribution is -2.12. The van der Waals surface area contributed by atoms with E-state index in [0.29, 0.717) is 16.3 Å². The summed E-state index contributed by atoms with van der Waals surface area (Å²) < 4.78 is 32.2. The van der Waals surface area contributed by atoms with E-state index in [1.165, 1.54) is 29.3 Å². The lowest BCUT2D eigenvalue weighted by Gasteiger charge is -2.10. The molecule has 3 aromatic rings. The number of ether oxygens (including phenoxy) is 1. The van der Waals surface area contributed by atoms with Crippen LogP contribution in [-0.2, 0) is 10.0 Å². The molecular formula is C16H15ClN2O3S. The van der Waals surface area contributed by atoms with Crippen molar-refractivity contribution in [2.45, 2.75) is 11.8 Å². The molecule has 2 N–H and O–H groups in total. The van der Waals surface area contributed by atoms with Crippen LogP contribution in [0.5, 0.6) is 5.75 Å². The summed E-state index contributed by atoms with van der Waals surface area (Å²) in [6, 6.07) is 9.57. The van der Waals surface area contributed by atoms with Crippen LogP contribution in [0.25, 0.3) is 10.9 Å². The number of methoxy groups -OCH3 is 1. The minimum Gasteiger partial charge on any atom is -0.495 e. The third-order valence-corrected chi connectivity index (χ3v) is 5.60. The van der Waals surface area contributed by atoms with Gasteiger partial charge >= 0.3 is 0 Å². The van der Waals surface area contributed by atoms with Crippen LogP contribution in [0, 0.1) is 6.92 Å². The summed E-state index contributed by atoms with van der Waals surface area (Å²) in [6.45, 7) is 1.85. The van der Waals surface area contributed by atoms with Crippen molar-refractivity contribution in [3.05, 3.63) is 53.2 Å². The summed E-state index contributed by atoms with van der Waals surface area (Å²) in [5.74, 6) is 0.431. The Morgan fingerprint density at radius 3 is 2.57 bits per heavy atom. The van der Waals surface area contributed by atoms with E-state index in [1.54, 1.807) is 24.4 Å². The maximum Gasteiger partial charge on any atom is 0.268 e. The fraction of sp³-hybridized carbons (Fsp3) is 0.125. The Morgan fingerprint density at radius 2 is 1.91 bits per heavy atom. The number of fused-ring (bicyclic) bond motifs is 1. The molecule has 0 aliphatic heterocycles. The minimum atomic E-state index is -3.79. The maximum absolute atomic E-state index is 12.9. The van der Waals surface area contributed by atoms with Gasteiger partial charge in [0.1, 0.15) is 5.75 Å². The van der Waals surface area contributed by atoms with Gasteiger partial charge in [-0.15, -0.1) is 0 Å². The monoisotopic (exact) mass is 350 g/mol. The van der Waals surface area contributed by atoms with E-state index in [4.69, 9.17) is 22.1 Å². The zero-order valence-corrected chi connectivity index (χ0v) is 14.1. The Hall–Kier alpha value is -2.18. The fourth-order valence-corrected chi connectivity index (χ4v) is 4.14. The SMILES string of the molecule is COc1ccc(S(=O)(=O)n2cc(C)c3ccc(Cl)cc32)cc1N. The molecule has 0 saturated carbocycles. The Kier molecular flexibility index (Phi) is 3.74. The average molecular weight is 351 g/mol. The van der Waals surface area contributed by atoms with Gasteiger partial charge in [-0.25, -0.2) is 12.4 Å². The standard InChI is InChI=1S/C16H15ClN2O3S/c1-10-9-19(15-7-11(17)3-5-13(10)15)23(20,21)12-4-6-16(22-2)14(18)8-12/h3-9H,18H2,1-2H3. The minimum absolute atomic E-state index is 0.0904. The molecule has 0 aliphatic carbocycles. The summed E-state index contributed by atoms with van der Waals surface area (Å²) in [5.41, 5.74) is 7.47. The first-order chi connectivity index (χ1) is 10.8. The zero-order valence-electron chi connectivity index (χ0n) is 12.6. The van der Waals surface area contributed by atoms with Crippen molar-refractivity contribution in [1.29, 1.82) is 0 Å². The molecule has 2 aromatic carbocycles. The molecule has 5 nitrogen and oxygen atoms in total. The highest BCUT2D eigenvalue weighted by molar-refractivity contribution is 7.90. The van der Waals surface area contributed by atoms with Gasteiger partial charge in [0.05, 0.1) is 23.2 Å². The van der Waals surface area contributed by atoms with Crippen LogP contribution >= 0.6 is 11.6 Å². The summed E-state index contributed by atoms with van der Waals surface area (Å²) in [7, 11) is -2.31. The van der Waals surface area contributed by atoms with E-state index in [1.807, 2.05) is 6.92 Å². The van der Waals surface area contributed by atoms with Crippen LogP contribution in [0.15, 0.2) is 47.5 Å². The Bertz CT molecular complexity index is 1010. The van der Waals surface area contributed by atoms with Gasteiger partial charge in [-0.1, -0.05) is 17.7 Å². The molecule has 0 aliphatic rings. The number of nitrogens with two attached hydrogens (primary N) is 1. The lowest BCUT2D eigenvalue weighted by atomic mass is 10.2. The third-order valence-electron chi connectivity index (χ3n) is 3.69. The number of rotatable bonds is 3. The van der Waals surface area contributed by atoms with Crippen molar-refractivity contribution in [3.63, 3.8) is 0 Å². The van der Waals surface area contributed by atoms with Crippen molar-refractivity contribution >= 4 is 38.2 Å². The van der Waals surface area contributed by atoms with Gasteiger partial charge in [-0.05, 0) is 42.8 Å². The van der Waals surface area contributed by atoms with Crippen LogP contribution in [0.2, 0.25) is 5.02 Å². The van der Waals surface area contributed by atoms with Crippen molar-refractivity contribution in [1.82, 2.24) is 3.97 Å². The Labute approximate surface area is 139 Å². The number of anilines is 1. The van der Waals surface area contributed by atoms with Gasteiger partial charge in [0.2, 0.25) is 0 Å². The maximum atomic E-state index is 12.9. The number of hydrogen-bond donors (Lipinski definition) is 1. The zero-order chi connectivity index (χ0) is 16.8. The third kappa shape index (κ3) is 2.54. The van der Waals surface area contributed by atoms with Crippen LogP contribution in [0.3, 0.4) is 0 Å². The van der Waals surface area contributed by atoms with Crippen LogP contribution in [0.1, 0.15) is 5.56 Å². The highest BCUT2D eigenvalue weighted by Gasteiger charge is 2.21. The average Bonchev–Trinajstić information content (AvgIpc) is 2.84. The predicted molar refractivity (Wildman–Crippen MR) is 91.7 cm³/mol. The van der Waals surface area contributed by atoms with Crippen molar-refractivity contribution in [2.24, 2.45) is 0 Å². The molecular weight excluding hydrogens is 336 g/mol. The molecule has 7 heteroatoms. The highest BCUT2D eigenvalue weighted by Crippen LogP contribution is 2.30. The molecule has 0 atom stereocenters. The number of aryl methyl sites for hydroxylation is 1. The molecule has 1 heterocycles.